The van der Waals surface area contributed by atoms with Crippen LogP contribution in [-0.2, 0) is 0 Å². The van der Waals surface area contributed by atoms with Crippen LogP contribution < -0.4 is 5.69 Å². The molecule has 94 valence electrons. The molecule has 0 saturated carbocycles. The number of hydrogen-bond donors (Lipinski definition) is 1. The Bertz CT molecular complexity index is 598. The van der Waals surface area contributed by atoms with E-state index in [-0.39, 0.29) is 5.69 Å². The number of H-pyrrole nitrogens is 1. The molecule has 2 aromatic rings. The van der Waals surface area contributed by atoms with E-state index in [1.54, 1.807) is 0 Å². The van der Waals surface area contributed by atoms with Gasteiger partial charge in [0.2, 0.25) is 0 Å². The maximum absolute atomic E-state index is 13.4. The van der Waals surface area contributed by atoms with Gasteiger partial charge in [-0.25, -0.2) is 9.18 Å². The average Bonchev–Trinajstić information content (AvgIpc) is 2.33. The van der Waals surface area contributed by atoms with E-state index in [9.17, 15) is 18.0 Å². The number of hydrogen-bond acceptors (Lipinski definition) is 3. The standard InChI is InChI=1S/C11H7F3N2OS/c12-8-5-15-11(17)16-9(8)6-1-3-7(4-2-6)18-10(13)14/h1-5,10H,(H,15,16,17). The number of halogens is 3. The van der Waals surface area contributed by atoms with E-state index in [4.69, 9.17) is 0 Å². The largest absolute Gasteiger partial charge is 0.345 e. The molecule has 0 saturated heterocycles. The fraction of sp³-hybridized carbons (Fsp3) is 0.0909. The number of benzene rings is 1. The van der Waals surface area contributed by atoms with Gasteiger partial charge in [-0.05, 0) is 12.1 Å². The lowest BCUT2D eigenvalue weighted by Gasteiger charge is -2.04. The van der Waals surface area contributed by atoms with Crippen molar-refractivity contribution in [2.45, 2.75) is 10.7 Å². The van der Waals surface area contributed by atoms with E-state index in [1.807, 2.05) is 0 Å². The molecule has 18 heavy (non-hydrogen) atoms. The van der Waals surface area contributed by atoms with Crippen molar-refractivity contribution in [3.8, 4) is 11.3 Å². The van der Waals surface area contributed by atoms with Crippen LogP contribution in [0.25, 0.3) is 11.3 Å². The van der Waals surface area contributed by atoms with Gasteiger partial charge in [-0.1, -0.05) is 23.9 Å². The highest BCUT2D eigenvalue weighted by Crippen LogP contribution is 2.27. The summed E-state index contributed by atoms with van der Waals surface area (Å²) in [6, 6.07) is 5.78. The second-order valence-corrected chi connectivity index (χ2v) is 4.38. The first kappa shape index (κ1) is 12.7. The summed E-state index contributed by atoms with van der Waals surface area (Å²) in [7, 11) is 0. The van der Waals surface area contributed by atoms with E-state index >= 15 is 0 Å². The second kappa shape index (κ2) is 5.26. The molecule has 0 unspecified atom stereocenters. The highest BCUT2D eigenvalue weighted by Gasteiger charge is 2.08. The molecule has 0 amide bonds. The van der Waals surface area contributed by atoms with Gasteiger partial charge in [-0.2, -0.15) is 13.8 Å². The summed E-state index contributed by atoms with van der Waals surface area (Å²) in [5.74, 6) is -3.18. The van der Waals surface area contributed by atoms with E-state index < -0.39 is 17.3 Å². The minimum absolute atomic E-state index is 0.0106. The molecule has 0 bridgehead atoms. The van der Waals surface area contributed by atoms with E-state index in [1.165, 1.54) is 24.3 Å². The van der Waals surface area contributed by atoms with Crippen LogP contribution in [0.4, 0.5) is 13.2 Å². The molecule has 0 aliphatic rings. The summed E-state index contributed by atoms with van der Waals surface area (Å²) in [5.41, 5.74) is -0.286. The first-order valence-corrected chi connectivity index (χ1v) is 5.74. The molecule has 0 aliphatic carbocycles. The lowest BCUT2D eigenvalue weighted by atomic mass is 10.1. The van der Waals surface area contributed by atoms with E-state index in [2.05, 4.69) is 9.97 Å². The first-order chi connectivity index (χ1) is 8.56. The Morgan fingerprint density at radius 1 is 1.22 bits per heavy atom. The van der Waals surface area contributed by atoms with Gasteiger partial charge in [0.15, 0.2) is 5.82 Å². The Balaban J connectivity index is 2.34. The van der Waals surface area contributed by atoms with Gasteiger partial charge in [0.1, 0.15) is 0 Å². The SMILES string of the molecule is O=c1ncc(F)c(-c2ccc(SC(F)F)cc2)[nH]1. The van der Waals surface area contributed by atoms with Crippen molar-refractivity contribution in [1.29, 1.82) is 0 Å². The van der Waals surface area contributed by atoms with Gasteiger partial charge in [0, 0.05) is 10.5 Å². The number of thioether (sulfide) groups is 1. The molecular formula is C11H7F3N2OS. The van der Waals surface area contributed by atoms with Gasteiger partial charge in [0.05, 0.1) is 11.9 Å². The molecule has 1 aromatic heterocycles. The number of aromatic nitrogens is 2. The highest BCUT2D eigenvalue weighted by atomic mass is 32.2. The van der Waals surface area contributed by atoms with E-state index in [0.29, 0.717) is 22.2 Å². The monoisotopic (exact) mass is 272 g/mol. The van der Waals surface area contributed by atoms with Crippen molar-refractivity contribution in [2.24, 2.45) is 0 Å². The van der Waals surface area contributed by atoms with Gasteiger partial charge in [-0.3, -0.25) is 0 Å². The summed E-state index contributed by atoms with van der Waals surface area (Å²) in [6.45, 7) is 0. The third-order valence-electron chi connectivity index (χ3n) is 2.13. The lowest BCUT2D eigenvalue weighted by Crippen LogP contribution is -2.11. The van der Waals surface area contributed by atoms with Crippen LogP contribution in [0.3, 0.4) is 0 Å². The van der Waals surface area contributed by atoms with Gasteiger partial charge < -0.3 is 4.98 Å². The van der Waals surface area contributed by atoms with Gasteiger partial charge in [0.25, 0.3) is 5.76 Å². The molecule has 3 nitrogen and oxygen atoms in total. The number of rotatable bonds is 3. The number of nitrogens with zero attached hydrogens (tertiary/aromatic N) is 1. The fourth-order valence-corrected chi connectivity index (χ4v) is 1.89. The Hall–Kier alpha value is -1.76. The zero-order chi connectivity index (χ0) is 13.1. The Kier molecular flexibility index (Phi) is 3.71. The summed E-state index contributed by atoms with van der Waals surface area (Å²) >= 11 is 0.398. The molecule has 1 N–H and O–H groups in total. The molecule has 0 atom stereocenters. The maximum atomic E-state index is 13.4. The van der Waals surface area contributed by atoms with Crippen LogP contribution in [-0.4, -0.2) is 15.7 Å². The zero-order valence-corrected chi connectivity index (χ0v) is 9.68. The normalized spacial score (nSPS) is 10.9. The summed E-state index contributed by atoms with van der Waals surface area (Å²) < 4.78 is 37.6. The predicted octanol–water partition coefficient (Wildman–Crippen LogP) is 2.89. The first-order valence-electron chi connectivity index (χ1n) is 4.86. The minimum atomic E-state index is -2.51. The third-order valence-corrected chi connectivity index (χ3v) is 2.86. The topological polar surface area (TPSA) is 45.8 Å². The van der Waals surface area contributed by atoms with Gasteiger partial charge >= 0.3 is 5.69 Å². The minimum Gasteiger partial charge on any atom is -0.303 e. The Labute approximate surface area is 104 Å². The van der Waals surface area contributed by atoms with Crippen molar-refractivity contribution in [2.75, 3.05) is 0 Å². The maximum Gasteiger partial charge on any atom is 0.345 e. The molecule has 7 heteroatoms. The summed E-state index contributed by atoms with van der Waals surface area (Å²) in [6.07, 6.45) is 0.815. The van der Waals surface area contributed by atoms with Crippen molar-refractivity contribution in [3.05, 3.63) is 46.8 Å². The number of alkyl halides is 2. The zero-order valence-electron chi connectivity index (χ0n) is 8.86. The molecule has 0 radical (unpaired) electrons. The van der Waals surface area contributed by atoms with Crippen LogP contribution >= 0.6 is 11.8 Å². The number of nitrogens with one attached hydrogen (secondary N) is 1. The third kappa shape index (κ3) is 2.92. The number of aromatic amines is 1. The van der Waals surface area contributed by atoms with Crippen LogP contribution in [0.1, 0.15) is 0 Å². The summed E-state index contributed by atoms with van der Waals surface area (Å²) in [5, 5.41) is 0. The predicted molar refractivity (Wildman–Crippen MR) is 62.1 cm³/mol. The highest BCUT2D eigenvalue weighted by molar-refractivity contribution is 7.99. The Morgan fingerprint density at radius 2 is 1.89 bits per heavy atom. The van der Waals surface area contributed by atoms with E-state index in [0.717, 1.165) is 6.20 Å². The van der Waals surface area contributed by atoms with Crippen molar-refractivity contribution in [3.63, 3.8) is 0 Å². The van der Waals surface area contributed by atoms with Crippen LogP contribution in [0.2, 0.25) is 0 Å². The molecule has 0 fully saturated rings. The van der Waals surface area contributed by atoms with Crippen LogP contribution in [0.15, 0.2) is 40.2 Å². The fourth-order valence-electron chi connectivity index (χ4n) is 1.39. The van der Waals surface area contributed by atoms with Crippen molar-refractivity contribution in [1.82, 2.24) is 9.97 Å². The lowest BCUT2D eigenvalue weighted by molar-refractivity contribution is 0.252. The Morgan fingerprint density at radius 3 is 2.50 bits per heavy atom. The van der Waals surface area contributed by atoms with Gasteiger partial charge in [-0.15, -0.1) is 0 Å². The molecule has 0 aliphatic heterocycles. The quantitative estimate of drug-likeness (QED) is 0.874. The molecular weight excluding hydrogens is 265 g/mol. The average molecular weight is 272 g/mol. The van der Waals surface area contributed by atoms with Crippen molar-refractivity contribution >= 4 is 11.8 Å². The van der Waals surface area contributed by atoms with Crippen molar-refractivity contribution < 1.29 is 13.2 Å². The molecule has 1 aromatic carbocycles. The molecule has 1 heterocycles. The summed E-state index contributed by atoms with van der Waals surface area (Å²) in [4.78, 5) is 16.8. The molecule has 0 spiro atoms. The second-order valence-electron chi connectivity index (χ2n) is 3.31. The van der Waals surface area contributed by atoms with Crippen LogP contribution in [0.5, 0.6) is 0 Å². The molecule has 2 rings (SSSR count). The van der Waals surface area contributed by atoms with Crippen LogP contribution in [0, 0.1) is 5.82 Å². The smallest absolute Gasteiger partial charge is 0.303 e.